The van der Waals surface area contributed by atoms with Crippen molar-refractivity contribution < 1.29 is 4.79 Å². The first-order valence-electron chi connectivity index (χ1n) is 5.04. The van der Waals surface area contributed by atoms with Crippen LogP contribution in [0.1, 0.15) is 13.3 Å². The predicted molar refractivity (Wildman–Crippen MR) is 56.8 cm³/mol. The second-order valence-corrected chi connectivity index (χ2v) is 3.73. The number of hydrogen-bond acceptors (Lipinski definition) is 3. The number of hydrogen-bond donors (Lipinski definition) is 2. The van der Waals surface area contributed by atoms with E-state index in [-0.39, 0.29) is 18.0 Å². The van der Waals surface area contributed by atoms with Gasteiger partial charge in [0.05, 0.1) is 0 Å². The lowest BCUT2D eigenvalue weighted by molar-refractivity contribution is -0.125. The summed E-state index contributed by atoms with van der Waals surface area (Å²) in [5.41, 5.74) is 5.59. The molecule has 1 rings (SSSR count). The Bertz CT molecular complexity index is 217. The van der Waals surface area contributed by atoms with Crippen molar-refractivity contribution in [2.45, 2.75) is 25.4 Å². The molecule has 2 atom stereocenters. The molecule has 4 heteroatoms. The maximum Gasteiger partial charge on any atom is 0.238 e. The van der Waals surface area contributed by atoms with Crippen molar-refractivity contribution in [2.24, 2.45) is 5.73 Å². The molecule has 3 N–H and O–H groups in total. The fraction of sp³-hybridized carbons (Fsp3) is 0.700. The molecule has 0 aromatic rings. The Morgan fingerprint density at radius 1 is 1.79 bits per heavy atom. The molecule has 1 amide bonds. The molecule has 1 aliphatic rings. The quantitative estimate of drug-likeness (QED) is 0.611. The second kappa shape index (κ2) is 5.12. The first-order valence-corrected chi connectivity index (χ1v) is 5.04. The molecule has 4 nitrogen and oxygen atoms in total. The average Bonchev–Trinajstić information content (AvgIpc) is 2.26. The molecule has 80 valence electrons. The molecule has 0 aromatic heterocycles. The highest BCUT2D eigenvalue weighted by Crippen LogP contribution is 2.07. The SMILES string of the molecule is C=CCN1CCC(C)NC(=O)C1CN. The van der Waals surface area contributed by atoms with Crippen LogP contribution < -0.4 is 11.1 Å². The Morgan fingerprint density at radius 3 is 3.07 bits per heavy atom. The van der Waals surface area contributed by atoms with E-state index in [0.717, 1.165) is 19.5 Å². The number of nitrogens with zero attached hydrogens (tertiary/aromatic N) is 1. The first kappa shape index (κ1) is 11.2. The van der Waals surface area contributed by atoms with Gasteiger partial charge in [-0.3, -0.25) is 9.69 Å². The molecule has 0 aliphatic carbocycles. The summed E-state index contributed by atoms with van der Waals surface area (Å²) in [7, 11) is 0. The molecule has 2 unspecified atom stereocenters. The maximum atomic E-state index is 11.7. The second-order valence-electron chi connectivity index (χ2n) is 3.73. The lowest BCUT2D eigenvalue weighted by atomic mass is 10.2. The minimum atomic E-state index is -0.196. The van der Waals surface area contributed by atoms with Gasteiger partial charge in [0.1, 0.15) is 6.04 Å². The van der Waals surface area contributed by atoms with Gasteiger partial charge in [-0.2, -0.15) is 0 Å². The molecule has 1 saturated heterocycles. The van der Waals surface area contributed by atoms with E-state index in [2.05, 4.69) is 16.8 Å². The summed E-state index contributed by atoms with van der Waals surface area (Å²) >= 11 is 0. The van der Waals surface area contributed by atoms with Crippen LogP contribution >= 0.6 is 0 Å². The summed E-state index contributed by atoms with van der Waals surface area (Å²) in [6.45, 7) is 7.69. The van der Waals surface area contributed by atoms with Crippen LogP contribution in [0.4, 0.5) is 0 Å². The highest BCUT2D eigenvalue weighted by atomic mass is 16.2. The van der Waals surface area contributed by atoms with Crippen LogP contribution in [0.15, 0.2) is 12.7 Å². The summed E-state index contributed by atoms with van der Waals surface area (Å²) in [5, 5.41) is 2.94. The molecule has 0 bridgehead atoms. The normalized spacial score (nSPS) is 29.4. The van der Waals surface area contributed by atoms with Crippen molar-refractivity contribution in [1.29, 1.82) is 0 Å². The Kier molecular flexibility index (Phi) is 4.10. The minimum Gasteiger partial charge on any atom is -0.352 e. The molecular formula is C10H19N3O. The van der Waals surface area contributed by atoms with Crippen LogP contribution in [0, 0.1) is 0 Å². The number of amides is 1. The van der Waals surface area contributed by atoms with E-state index >= 15 is 0 Å². The molecule has 14 heavy (non-hydrogen) atoms. The predicted octanol–water partition coefficient (Wildman–Crippen LogP) is -0.290. The molecule has 0 aromatic carbocycles. The van der Waals surface area contributed by atoms with Gasteiger partial charge in [0.25, 0.3) is 0 Å². The topological polar surface area (TPSA) is 58.4 Å². The van der Waals surface area contributed by atoms with Crippen molar-refractivity contribution in [3.63, 3.8) is 0 Å². The summed E-state index contributed by atoms with van der Waals surface area (Å²) in [4.78, 5) is 13.7. The fourth-order valence-corrected chi connectivity index (χ4v) is 1.73. The standard InChI is InChI=1S/C10H19N3O/c1-3-5-13-6-4-8(2)12-10(14)9(13)7-11/h3,8-9H,1,4-7,11H2,2H3,(H,12,14). The molecule has 0 saturated carbocycles. The Morgan fingerprint density at radius 2 is 2.50 bits per heavy atom. The third-order valence-corrected chi connectivity index (χ3v) is 2.57. The molecule has 0 radical (unpaired) electrons. The van der Waals surface area contributed by atoms with Gasteiger partial charge in [-0.15, -0.1) is 6.58 Å². The van der Waals surface area contributed by atoms with Gasteiger partial charge >= 0.3 is 0 Å². The number of nitrogens with one attached hydrogen (secondary N) is 1. The number of nitrogens with two attached hydrogens (primary N) is 1. The van der Waals surface area contributed by atoms with Crippen molar-refractivity contribution in [2.75, 3.05) is 19.6 Å². The summed E-state index contributed by atoms with van der Waals surface area (Å²) in [6, 6.07) is 0.0457. The van der Waals surface area contributed by atoms with Crippen LogP contribution in [0.2, 0.25) is 0 Å². The fourth-order valence-electron chi connectivity index (χ4n) is 1.73. The lowest BCUT2D eigenvalue weighted by Crippen LogP contribution is -2.49. The van der Waals surface area contributed by atoms with E-state index in [1.54, 1.807) is 0 Å². The summed E-state index contributed by atoms with van der Waals surface area (Å²) in [6.07, 6.45) is 2.78. The van der Waals surface area contributed by atoms with Crippen molar-refractivity contribution in [3.8, 4) is 0 Å². The first-order chi connectivity index (χ1) is 6.69. The highest BCUT2D eigenvalue weighted by Gasteiger charge is 2.27. The van der Waals surface area contributed by atoms with E-state index in [4.69, 9.17) is 5.73 Å². The van der Waals surface area contributed by atoms with E-state index in [1.807, 2.05) is 13.0 Å². The van der Waals surface area contributed by atoms with Gasteiger partial charge in [-0.1, -0.05) is 6.08 Å². The van der Waals surface area contributed by atoms with Crippen LogP contribution in [0.25, 0.3) is 0 Å². The third-order valence-electron chi connectivity index (χ3n) is 2.57. The molecule has 0 spiro atoms. The Hall–Kier alpha value is -0.870. The number of rotatable bonds is 3. The summed E-state index contributed by atoms with van der Waals surface area (Å²) < 4.78 is 0. The van der Waals surface area contributed by atoms with E-state index in [1.165, 1.54) is 0 Å². The smallest absolute Gasteiger partial charge is 0.238 e. The van der Waals surface area contributed by atoms with Crippen LogP contribution in [-0.4, -0.2) is 42.5 Å². The molecule has 1 fully saturated rings. The number of carbonyl (C=O) groups is 1. The van der Waals surface area contributed by atoms with E-state index in [9.17, 15) is 4.79 Å². The lowest BCUT2D eigenvalue weighted by Gasteiger charge is -2.25. The van der Waals surface area contributed by atoms with Gasteiger partial charge in [-0.05, 0) is 13.3 Å². The zero-order valence-electron chi connectivity index (χ0n) is 8.70. The highest BCUT2D eigenvalue weighted by molar-refractivity contribution is 5.82. The number of carbonyl (C=O) groups excluding carboxylic acids is 1. The largest absolute Gasteiger partial charge is 0.352 e. The van der Waals surface area contributed by atoms with Crippen LogP contribution in [-0.2, 0) is 4.79 Å². The average molecular weight is 197 g/mol. The third kappa shape index (κ3) is 2.56. The van der Waals surface area contributed by atoms with Gasteiger partial charge in [0.2, 0.25) is 5.91 Å². The van der Waals surface area contributed by atoms with Gasteiger partial charge in [-0.25, -0.2) is 0 Å². The minimum absolute atomic E-state index is 0.0411. The maximum absolute atomic E-state index is 11.7. The molecule has 1 aliphatic heterocycles. The van der Waals surface area contributed by atoms with Gasteiger partial charge in [0, 0.05) is 25.7 Å². The van der Waals surface area contributed by atoms with Crippen LogP contribution in [0.5, 0.6) is 0 Å². The Balaban J connectivity index is 2.70. The Labute approximate surface area is 85.1 Å². The van der Waals surface area contributed by atoms with E-state index < -0.39 is 0 Å². The zero-order valence-corrected chi connectivity index (χ0v) is 8.70. The van der Waals surface area contributed by atoms with Crippen LogP contribution in [0.3, 0.4) is 0 Å². The molecular weight excluding hydrogens is 178 g/mol. The monoisotopic (exact) mass is 197 g/mol. The van der Waals surface area contributed by atoms with Crippen molar-refractivity contribution in [1.82, 2.24) is 10.2 Å². The molecule has 1 heterocycles. The van der Waals surface area contributed by atoms with E-state index in [0.29, 0.717) is 6.54 Å². The zero-order chi connectivity index (χ0) is 10.6. The van der Waals surface area contributed by atoms with Gasteiger partial charge < -0.3 is 11.1 Å². The van der Waals surface area contributed by atoms with Gasteiger partial charge in [0.15, 0.2) is 0 Å². The van der Waals surface area contributed by atoms with Crippen molar-refractivity contribution in [3.05, 3.63) is 12.7 Å². The summed E-state index contributed by atoms with van der Waals surface area (Å²) in [5.74, 6) is 0.0411. The van der Waals surface area contributed by atoms with Crippen molar-refractivity contribution >= 4 is 5.91 Å².